The fourth-order valence-corrected chi connectivity index (χ4v) is 2.56. The van der Waals surface area contributed by atoms with E-state index in [9.17, 15) is 4.79 Å². The standard InChI is InChI=1S/C16H9Cl3N2O2/c17-10-3-1-9(2-4-10)14-8-15(23-21-14)20-16(22)12-6-5-11(18)7-13(12)19/h1-8H,(H,20,22). The van der Waals surface area contributed by atoms with Gasteiger partial charge >= 0.3 is 0 Å². The zero-order chi connectivity index (χ0) is 16.4. The van der Waals surface area contributed by atoms with E-state index in [1.54, 1.807) is 24.3 Å². The Bertz CT molecular complexity index is 860. The van der Waals surface area contributed by atoms with Crippen LogP contribution in [0.2, 0.25) is 15.1 Å². The van der Waals surface area contributed by atoms with Crippen LogP contribution >= 0.6 is 34.8 Å². The summed E-state index contributed by atoms with van der Waals surface area (Å²) in [5.74, 6) is -0.198. The van der Waals surface area contributed by atoms with E-state index in [-0.39, 0.29) is 10.9 Å². The summed E-state index contributed by atoms with van der Waals surface area (Å²) >= 11 is 17.7. The van der Waals surface area contributed by atoms with Crippen LogP contribution < -0.4 is 5.32 Å². The minimum Gasteiger partial charge on any atom is -0.338 e. The summed E-state index contributed by atoms with van der Waals surface area (Å²) in [6, 6.07) is 13.3. The molecular weight excluding hydrogens is 359 g/mol. The number of nitrogens with zero attached hydrogens (tertiary/aromatic N) is 1. The van der Waals surface area contributed by atoms with Crippen molar-refractivity contribution in [2.75, 3.05) is 5.32 Å². The molecule has 0 aliphatic carbocycles. The Morgan fingerprint density at radius 1 is 0.957 bits per heavy atom. The summed E-state index contributed by atoms with van der Waals surface area (Å²) in [5, 5.41) is 7.85. The molecule has 0 unspecified atom stereocenters. The predicted molar refractivity (Wildman–Crippen MR) is 91.4 cm³/mol. The maximum absolute atomic E-state index is 12.2. The molecule has 3 aromatic rings. The molecule has 0 aliphatic heterocycles. The second-order valence-corrected chi connectivity index (χ2v) is 5.94. The maximum Gasteiger partial charge on any atom is 0.259 e. The Balaban J connectivity index is 1.78. The van der Waals surface area contributed by atoms with Crippen molar-refractivity contribution >= 4 is 46.6 Å². The van der Waals surface area contributed by atoms with Crippen molar-refractivity contribution in [3.05, 3.63) is 69.2 Å². The molecule has 1 heterocycles. The summed E-state index contributed by atoms with van der Waals surface area (Å²) in [7, 11) is 0. The lowest BCUT2D eigenvalue weighted by Crippen LogP contribution is -2.11. The highest BCUT2D eigenvalue weighted by Gasteiger charge is 2.14. The number of aromatic nitrogens is 1. The topological polar surface area (TPSA) is 55.1 Å². The molecule has 2 aromatic carbocycles. The fourth-order valence-electron chi connectivity index (χ4n) is 1.94. The van der Waals surface area contributed by atoms with Crippen LogP contribution in [0.3, 0.4) is 0 Å². The number of nitrogens with one attached hydrogen (secondary N) is 1. The predicted octanol–water partition coefficient (Wildman–Crippen LogP) is 5.55. The number of halogens is 3. The molecule has 1 aromatic heterocycles. The Labute approximate surface area is 146 Å². The number of benzene rings is 2. The summed E-state index contributed by atoms with van der Waals surface area (Å²) in [6.45, 7) is 0. The number of carbonyl (C=O) groups excluding carboxylic acids is 1. The van der Waals surface area contributed by atoms with Gasteiger partial charge in [0.05, 0.1) is 10.6 Å². The lowest BCUT2D eigenvalue weighted by atomic mass is 10.1. The largest absolute Gasteiger partial charge is 0.338 e. The monoisotopic (exact) mass is 366 g/mol. The van der Waals surface area contributed by atoms with E-state index >= 15 is 0 Å². The van der Waals surface area contributed by atoms with Gasteiger partial charge in [0.25, 0.3) is 5.91 Å². The van der Waals surface area contributed by atoms with Crippen LogP contribution in [-0.2, 0) is 0 Å². The van der Waals surface area contributed by atoms with E-state index in [4.69, 9.17) is 39.3 Å². The van der Waals surface area contributed by atoms with Crippen molar-refractivity contribution in [3.8, 4) is 11.3 Å². The number of carbonyl (C=O) groups is 1. The first-order valence-electron chi connectivity index (χ1n) is 6.52. The van der Waals surface area contributed by atoms with Crippen molar-refractivity contribution in [2.45, 2.75) is 0 Å². The summed E-state index contributed by atoms with van der Waals surface area (Å²) in [5.41, 5.74) is 1.70. The molecular formula is C16H9Cl3N2O2. The molecule has 4 nitrogen and oxygen atoms in total. The molecule has 116 valence electrons. The van der Waals surface area contributed by atoms with Gasteiger partial charge in [0.15, 0.2) is 0 Å². The van der Waals surface area contributed by atoms with Gasteiger partial charge in [-0.05, 0) is 30.3 Å². The molecule has 0 saturated heterocycles. The van der Waals surface area contributed by atoms with E-state index < -0.39 is 5.91 Å². The summed E-state index contributed by atoms with van der Waals surface area (Å²) in [4.78, 5) is 12.2. The zero-order valence-electron chi connectivity index (χ0n) is 11.5. The van der Waals surface area contributed by atoms with Crippen molar-refractivity contribution in [3.63, 3.8) is 0 Å². The molecule has 0 fully saturated rings. The second kappa shape index (κ2) is 6.62. The number of amides is 1. The summed E-state index contributed by atoms with van der Waals surface area (Å²) < 4.78 is 5.12. The van der Waals surface area contributed by atoms with E-state index in [1.807, 2.05) is 12.1 Å². The first-order chi connectivity index (χ1) is 11.0. The van der Waals surface area contributed by atoms with Crippen molar-refractivity contribution < 1.29 is 9.32 Å². The zero-order valence-corrected chi connectivity index (χ0v) is 13.8. The quantitative estimate of drug-likeness (QED) is 0.660. The molecule has 0 atom stereocenters. The average Bonchev–Trinajstić information content (AvgIpc) is 2.96. The van der Waals surface area contributed by atoms with Gasteiger partial charge in [0.1, 0.15) is 5.69 Å². The van der Waals surface area contributed by atoms with Gasteiger partial charge in [0, 0.05) is 21.7 Å². The molecule has 7 heteroatoms. The van der Waals surface area contributed by atoms with Crippen LogP contribution in [0.1, 0.15) is 10.4 Å². The third kappa shape index (κ3) is 3.67. The van der Waals surface area contributed by atoms with Crippen molar-refractivity contribution in [2.24, 2.45) is 0 Å². The Hall–Kier alpha value is -2.01. The highest BCUT2D eigenvalue weighted by atomic mass is 35.5. The molecule has 1 N–H and O–H groups in total. The van der Waals surface area contributed by atoms with Gasteiger partial charge in [-0.1, -0.05) is 52.1 Å². The van der Waals surface area contributed by atoms with E-state index in [0.29, 0.717) is 21.3 Å². The molecule has 1 amide bonds. The molecule has 0 radical (unpaired) electrons. The number of hydrogen-bond acceptors (Lipinski definition) is 3. The lowest BCUT2D eigenvalue weighted by Gasteiger charge is -2.03. The van der Waals surface area contributed by atoms with Gasteiger partial charge in [-0.25, -0.2) is 0 Å². The SMILES string of the molecule is O=C(Nc1cc(-c2ccc(Cl)cc2)no1)c1ccc(Cl)cc1Cl. The van der Waals surface area contributed by atoms with Crippen molar-refractivity contribution in [1.82, 2.24) is 5.16 Å². The maximum atomic E-state index is 12.2. The number of anilines is 1. The van der Waals surface area contributed by atoms with E-state index in [1.165, 1.54) is 12.1 Å². The first kappa shape index (κ1) is 15.9. The first-order valence-corrected chi connectivity index (χ1v) is 7.65. The van der Waals surface area contributed by atoms with Gasteiger partial charge < -0.3 is 4.52 Å². The van der Waals surface area contributed by atoms with Gasteiger partial charge in [-0.2, -0.15) is 0 Å². The van der Waals surface area contributed by atoms with E-state index in [2.05, 4.69) is 10.5 Å². The molecule has 0 aliphatic rings. The van der Waals surface area contributed by atoms with Crippen LogP contribution in [0.15, 0.2) is 53.1 Å². The normalized spacial score (nSPS) is 10.6. The molecule has 3 rings (SSSR count). The Kier molecular flexibility index (Phi) is 4.57. The van der Waals surface area contributed by atoms with Crippen molar-refractivity contribution in [1.29, 1.82) is 0 Å². The highest BCUT2D eigenvalue weighted by molar-refractivity contribution is 6.37. The third-order valence-electron chi connectivity index (χ3n) is 3.06. The lowest BCUT2D eigenvalue weighted by molar-refractivity contribution is 0.102. The molecule has 0 saturated carbocycles. The van der Waals surface area contributed by atoms with E-state index in [0.717, 1.165) is 5.56 Å². The average molecular weight is 368 g/mol. The van der Waals surface area contributed by atoms with Crippen LogP contribution in [-0.4, -0.2) is 11.1 Å². The number of hydrogen-bond donors (Lipinski definition) is 1. The molecule has 23 heavy (non-hydrogen) atoms. The minimum absolute atomic E-state index is 0.214. The highest BCUT2D eigenvalue weighted by Crippen LogP contribution is 2.25. The van der Waals surface area contributed by atoms with Gasteiger partial charge in [0.2, 0.25) is 5.88 Å². The number of rotatable bonds is 3. The smallest absolute Gasteiger partial charge is 0.259 e. The van der Waals surface area contributed by atoms with Crippen LogP contribution in [0.25, 0.3) is 11.3 Å². The third-order valence-corrected chi connectivity index (χ3v) is 3.86. The van der Waals surface area contributed by atoms with Gasteiger partial charge in [-0.15, -0.1) is 0 Å². The van der Waals surface area contributed by atoms with Crippen LogP contribution in [0.4, 0.5) is 5.88 Å². The molecule has 0 bridgehead atoms. The van der Waals surface area contributed by atoms with Crippen LogP contribution in [0.5, 0.6) is 0 Å². The van der Waals surface area contributed by atoms with Gasteiger partial charge in [-0.3, -0.25) is 10.1 Å². The second-order valence-electron chi connectivity index (χ2n) is 4.66. The fraction of sp³-hybridized carbons (Fsp3) is 0. The Morgan fingerprint density at radius 3 is 2.35 bits per heavy atom. The Morgan fingerprint density at radius 2 is 1.65 bits per heavy atom. The minimum atomic E-state index is -0.412. The van der Waals surface area contributed by atoms with Crippen LogP contribution in [0, 0.1) is 0 Å². The molecule has 0 spiro atoms. The summed E-state index contributed by atoms with van der Waals surface area (Å²) in [6.07, 6.45) is 0.